The van der Waals surface area contributed by atoms with Gasteiger partial charge in [0.25, 0.3) is 0 Å². The van der Waals surface area contributed by atoms with Crippen LogP contribution in [0.25, 0.3) is 0 Å². The van der Waals surface area contributed by atoms with Gasteiger partial charge in [0.1, 0.15) is 0 Å². The number of piperazine rings is 1. The number of hydrogen-bond acceptors (Lipinski definition) is 3. The van der Waals surface area contributed by atoms with Gasteiger partial charge in [-0.3, -0.25) is 4.90 Å². The van der Waals surface area contributed by atoms with Gasteiger partial charge < -0.3 is 11.1 Å². The Hall–Kier alpha value is -0.770. The van der Waals surface area contributed by atoms with Crippen molar-refractivity contribution in [2.75, 3.05) is 31.9 Å². The minimum absolute atomic E-state index is 0.399. The summed E-state index contributed by atoms with van der Waals surface area (Å²) >= 11 is 6.11. The molecule has 0 aromatic heterocycles. The molecule has 1 saturated heterocycles. The molecule has 0 unspecified atom stereocenters. The molecule has 0 saturated carbocycles. The number of benzene rings is 1. The number of anilines is 1. The van der Waals surface area contributed by atoms with Crippen LogP contribution in [-0.4, -0.2) is 31.1 Å². The molecule has 1 heterocycles. The van der Waals surface area contributed by atoms with E-state index in [1.165, 1.54) is 5.56 Å². The highest BCUT2D eigenvalue weighted by atomic mass is 35.5. The first-order valence-corrected chi connectivity index (χ1v) is 7.10. The second-order valence-corrected chi connectivity index (χ2v) is 5.30. The molecule has 1 aliphatic heterocycles. The van der Waals surface area contributed by atoms with Crippen LogP contribution in [-0.2, 0) is 0 Å². The molecule has 2 rings (SSSR count). The third-order valence-corrected chi connectivity index (χ3v) is 3.80. The number of hydrogen-bond donors (Lipinski definition) is 2. The fourth-order valence-electron chi connectivity index (χ4n) is 2.64. The van der Waals surface area contributed by atoms with Gasteiger partial charge >= 0.3 is 0 Å². The van der Waals surface area contributed by atoms with Gasteiger partial charge in [-0.2, -0.15) is 0 Å². The van der Waals surface area contributed by atoms with Crippen molar-refractivity contribution in [3.05, 3.63) is 28.8 Å². The van der Waals surface area contributed by atoms with E-state index in [4.69, 9.17) is 17.3 Å². The number of nitrogen functional groups attached to an aromatic ring is 1. The van der Waals surface area contributed by atoms with Crippen molar-refractivity contribution < 1.29 is 0 Å². The molecule has 0 spiro atoms. The average Bonchev–Trinajstić information content (AvgIpc) is 2.40. The standard InChI is InChI=1S/C14H22ClN3/c1-2-3-14(18-8-6-17-7-9-18)12-10-11(15)4-5-13(12)16/h4-5,10,14,17H,2-3,6-9,16H2,1H3/t14-/m0/s1. The average molecular weight is 268 g/mol. The van der Waals surface area contributed by atoms with E-state index in [0.717, 1.165) is 49.7 Å². The summed E-state index contributed by atoms with van der Waals surface area (Å²) in [5.74, 6) is 0. The van der Waals surface area contributed by atoms with Crippen LogP contribution in [0.3, 0.4) is 0 Å². The predicted octanol–water partition coefficient (Wildman–Crippen LogP) is 2.67. The maximum absolute atomic E-state index is 6.13. The Morgan fingerprint density at radius 1 is 1.39 bits per heavy atom. The van der Waals surface area contributed by atoms with Crippen molar-refractivity contribution >= 4 is 17.3 Å². The maximum atomic E-state index is 6.13. The van der Waals surface area contributed by atoms with Crippen LogP contribution in [0.15, 0.2) is 18.2 Å². The van der Waals surface area contributed by atoms with Crippen molar-refractivity contribution in [1.29, 1.82) is 0 Å². The highest BCUT2D eigenvalue weighted by Crippen LogP contribution is 2.32. The van der Waals surface area contributed by atoms with E-state index in [-0.39, 0.29) is 0 Å². The van der Waals surface area contributed by atoms with E-state index in [0.29, 0.717) is 6.04 Å². The first kappa shape index (κ1) is 13.7. The minimum Gasteiger partial charge on any atom is -0.398 e. The zero-order valence-electron chi connectivity index (χ0n) is 11.0. The second kappa shape index (κ2) is 6.41. The van der Waals surface area contributed by atoms with E-state index in [2.05, 4.69) is 17.1 Å². The molecule has 4 heteroatoms. The van der Waals surface area contributed by atoms with Crippen molar-refractivity contribution in [2.45, 2.75) is 25.8 Å². The zero-order valence-corrected chi connectivity index (χ0v) is 11.7. The SMILES string of the molecule is CCC[C@@H](c1cc(Cl)ccc1N)N1CCNCC1. The molecule has 1 aliphatic rings. The molecule has 3 N–H and O–H groups in total. The van der Waals surface area contributed by atoms with Crippen molar-refractivity contribution in [2.24, 2.45) is 0 Å². The summed E-state index contributed by atoms with van der Waals surface area (Å²) in [7, 11) is 0. The number of nitrogens with zero attached hydrogens (tertiary/aromatic N) is 1. The third kappa shape index (κ3) is 3.16. The molecule has 18 heavy (non-hydrogen) atoms. The lowest BCUT2D eigenvalue weighted by Gasteiger charge is -2.35. The van der Waals surface area contributed by atoms with Crippen LogP contribution in [0.2, 0.25) is 5.02 Å². The Morgan fingerprint density at radius 3 is 2.78 bits per heavy atom. The summed E-state index contributed by atoms with van der Waals surface area (Å²) in [4.78, 5) is 2.52. The monoisotopic (exact) mass is 267 g/mol. The molecule has 3 nitrogen and oxygen atoms in total. The van der Waals surface area contributed by atoms with Gasteiger partial charge in [0.05, 0.1) is 0 Å². The largest absolute Gasteiger partial charge is 0.398 e. The first-order valence-electron chi connectivity index (χ1n) is 6.72. The van der Waals surface area contributed by atoms with Gasteiger partial charge in [-0.25, -0.2) is 0 Å². The molecule has 1 fully saturated rings. The molecule has 1 aromatic rings. The van der Waals surface area contributed by atoms with Gasteiger partial charge in [-0.15, -0.1) is 0 Å². The van der Waals surface area contributed by atoms with Crippen LogP contribution in [0.4, 0.5) is 5.69 Å². The molecular formula is C14H22ClN3. The molecule has 100 valence electrons. The maximum Gasteiger partial charge on any atom is 0.0410 e. The molecule has 0 radical (unpaired) electrons. The summed E-state index contributed by atoms with van der Waals surface area (Å²) in [5.41, 5.74) is 8.17. The molecule has 1 aromatic carbocycles. The van der Waals surface area contributed by atoms with E-state index in [9.17, 15) is 0 Å². The summed E-state index contributed by atoms with van der Waals surface area (Å²) in [6.07, 6.45) is 2.28. The number of nitrogens with one attached hydrogen (secondary N) is 1. The van der Waals surface area contributed by atoms with Crippen molar-refractivity contribution in [3.63, 3.8) is 0 Å². The predicted molar refractivity (Wildman–Crippen MR) is 78.0 cm³/mol. The van der Waals surface area contributed by atoms with Crippen LogP contribution in [0.5, 0.6) is 0 Å². The van der Waals surface area contributed by atoms with Crippen LogP contribution < -0.4 is 11.1 Å². The quantitative estimate of drug-likeness (QED) is 0.824. The smallest absolute Gasteiger partial charge is 0.0410 e. The van der Waals surface area contributed by atoms with E-state index < -0.39 is 0 Å². The Labute approximate surface area is 114 Å². The topological polar surface area (TPSA) is 41.3 Å². The summed E-state index contributed by atoms with van der Waals surface area (Å²) in [5, 5.41) is 4.16. The Balaban J connectivity index is 2.24. The van der Waals surface area contributed by atoms with Gasteiger partial charge in [0.2, 0.25) is 0 Å². The minimum atomic E-state index is 0.399. The molecule has 1 atom stereocenters. The molecule has 0 aliphatic carbocycles. The highest BCUT2D eigenvalue weighted by molar-refractivity contribution is 6.30. The van der Waals surface area contributed by atoms with E-state index in [1.807, 2.05) is 18.2 Å². The molecule has 0 amide bonds. The summed E-state index contributed by atoms with van der Waals surface area (Å²) in [6.45, 7) is 6.49. The van der Waals surface area contributed by atoms with Crippen LogP contribution >= 0.6 is 11.6 Å². The van der Waals surface area contributed by atoms with Crippen molar-refractivity contribution in [3.8, 4) is 0 Å². The Kier molecular flexibility index (Phi) is 4.87. The van der Waals surface area contributed by atoms with E-state index in [1.54, 1.807) is 0 Å². The summed E-state index contributed by atoms with van der Waals surface area (Å²) < 4.78 is 0. The molecule has 0 bridgehead atoms. The van der Waals surface area contributed by atoms with Gasteiger partial charge in [-0.1, -0.05) is 24.9 Å². The lowest BCUT2D eigenvalue weighted by Crippen LogP contribution is -2.45. The third-order valence-electron chi connectivity index (χ3n) is 3.56. The molecular weight excluding hydrogens is 246 g/mol. The Morgan fingerprint density at radius 2 is 2.11 bits per heavy atom. The van der Waals surface area contributed by atoms with Crippen LogP contribution in [0, 0.1) is 0 Å². The van der Waals surface area contributed by atoms with Gasteiger partial charge in [0.15, 0.2) is 0 Å². The number of rotatable bonds is 4. The number of nitrogens with two attached hydrogens (primary N) is 1. The lowest BCUT2D eigenvalue weighted by molar-refractivity contribution is 0.165. The van der Waals surface area contributed by atoms with Crippen molar-refractivity contribution in [1.82, 2.24) is 10.2 Å². The lowest BCUT2D eigenvalue weighted by atomic mass is 9.98. The first-order chi connectivity index (χ1) is 8.72. The van der Waals surface area contributed by atoms with Crippen LogP contribution in [0.1, 0.15) is 31.4 Å². The highest BCUT2D eigenvalue weighted by Gasteiger charge is 2.23. The van der Waals surface area contributed by atoms with Gasteiger partial charge in [-0.05, 0) is 30.2 Å². The fourth-order valence-corrected chi connectivity index (χ4v) is 2.82. The summed E-state index contributed by atoms with van der Waals surface area (Å²) in [6, 6.07) is 6.21. The fraction of sp³-hybridized carbons (Fsp3) is 0.571. The van der Waals surface area contributed by atoms with Gasteiger partial charge in [0, 0.05) is 42.9 Å². The normalized spacial score (nSPS) is 18.8. The number of halogens is 1. The van der Waals surface area contributed by atoms with E-state index >= 15 is 0 Å². The second-order valence-electron chi connectivity index (χ2n) is 4.86. The Bertz CT molecular complexity index is 389. The zero-order chi connectivity index (χ0) is 13.0.